The first-order valence-corrected chi connectivity index (χ1v) is 8.18. The van der Waals surface area contributed by atoms with E-state index in [1.165, 1.54) is 38.7 Å². The molecule has 1 N–H and O–H groups in total. The van der Waals surface area contributed by atoms with E-state index >= 15 is 0 Å². The highest BCUT2D eigenvalue weighted by molar-refractivity contribution is 7.89. The maximum atomic E-state index is 12.3. The zero-order valence-corrected chi connectivity index (χ0v) is 13.6. The Kier molecular flexibility index (Phi) is 5.30. The molecule has 0 bridgehead atoms. The maximum absolute atomic E-state index is 12.3. The maximum Gasteiger partial charge on any atom is 0.244 e. The number of hydrogen-bond donors (Lipinski definition) is 1. The molecular formula is C15H17N3O4S. The molecule has 0 radical (unpaired) electrons. The number of benzene rings is 1. The number of aromatic nitrogens is 1. The van der Waals surface area contributed by atoms with Crippen molar-refractivity contribution in [3.63, 3.8) is 0 Å². The Labute approximate surface area is 135 Å². The average Bonchev–Trinajstić information content (AvgIpc) is 2.56. The first-order chi connectivity index (χ1) is 10.9. The molecule has 1 aromatic carbocycles. The highest BCUT2D eigenvalue weighted by Gasteiger charge is 2.23. The number of para-hydroxylation sites is 2. The Balaban J connectivity index is 2.08. The van der Waals surface area contributed by atoms with Crippen molar-refractivity contribution in [1.29, 1.82) is 0 Å². The molecule has 0 unspecified atom stereocenters. The van der Waals surface area contributed by atoms with Crippen molar-refractivity contribution in [3.8, 4) is 5.75 Å². The minimum Gasteiger partial charge on any atom is -0.495 e. The molecule has 0 spiro atoms. The van der Waals surface area contributed by atoms with E-state index in [9.17, 15) is 13.2 Å². The van der Waals surface area contributed by atoms with Gasteiger partial charge in [0.2, 0.25) is 15.9 Å². The van der Waals surface area contributed by atoms with E-state index in [2.05, 4.69) is 10.3 Å². The molecule has 0 aliphatic heterocycles. The van der Waals surface area contributed by atoms with Crippen molar-refractivity contribution in [1.82, 2.24) is 9.29 Å². The molecule has 0 atom stereocenters. The van der Waals surface area contributed by atoms with Crippen molar-refractivity contribution in [3.05, 3.63) is 48.8 Å². The van der Waals surface area contributed by atoms with Gasteiger partial charge in [0.15, 0.2) is 0 Å². The summed E-state index contributed by atoms with van der Waals surface area (Å²) in [4.78, 5) is 15.9. The molecule has 23 heavy (non-hydrogen) atoms. The van der Waals surface area contributed by atoms with Crippen LogP contribution in [0.3, 0.4) is 0 Å². The Hall–Kier alpha value is -2.45. The number of nitrogens with zero attached hydrogens (tertiary/aromatic N) is 2. The molecule has 1 aromatic heterocycles. The fourth-order valence-corrected chi connectivity index (χ4v) is 3.00. The van der Waals surface area contributed by atoms with Gasteiger partial charge >= 0.3 is 0 Å². The monoisotopic (exact) mass is 335 g/mol. The van der Waals surface area contributed by atoms with Gasteiger partial charge in [0.05, 0.1) is 19.3 Å². The summed E-state index contributed by atoms with van der Waals surface area (Å²) < 4.78 is 30.7. The molecule has 0 fully saturated rings. The molecule has 2 rings (SSSR count). The van der Waals surface area contributed by atoms with Gasteiger partial charge in [-0.3, -0.25) is 9.78 Å². The molecule has 1 amide bonds. The predicted molar refractivity (Wildman–Crippen MR) is 85.7 cm³/mol. The van der Waals surface area contributed by atoms with Crippen LogP contribution >= 0.6 is 0 Å². The van der Waals surface area contributed by atoms with E-state index in [1.807, 2.05) is 0 Å². The third-order valence-electron chi connectivity index (χ3n) is 3.09. The van der Waals surface area contributed by atoms with Crippen LogP contribution in [0.2, 0.25) is 0 Å². The van der Waals surface area contributed by atoms with Gasteiger partial charge in [-0.25, -0.2) is 8.42 Å². The number of carbonyl (C=O) groups is 1. The first kappa shape index (κ1) is 16.9. The summed E-state index contributed by atoms with van der Waals surface area (Å²) in [5, 5.41) is 2.63. The number of anilines is 1. The molecule has 0 aliphatic rings. The quantitative estimate of drug-likeness (QED) is 0.861. The van der Waals surface area contributed by atoms with Crippen LogP contribution < -0.4 is 10.1 Å². The number of pyridine rings is 1. The van der Waals surface area contributed by atoms with Gasteiger partial charge in [0, 0.05) is 19.4 Å². The van der Waals surface area contributed by atoms with Gasteiger partial charge in [0.1, 0.15) is 10.6 Å². The van der Waals surface area contributed by atoms with Crippen LogP contribution in [-0.4, -0.2) is 44.3 Å². The standard InChI is InChI=1S/C15H17N3O4S/c1-18(23(20,21)12-6-5-9-16-10-12)11-15(19)17-13-7-3-4-8-14(13)22-2/h3-10H,11H2,1-2H3,(H,17,19). The van der Waals surface area contributed by atoms with Crippen LogP contribution in [0.4, 0.5) is 5.69 Å². The molecule has 122 valence electrons. The highest BCUT2D eigenvalue weighted by Crippen LogP contribution is 2.23. The number of likely N-dealkylation sites (N-methyl/N-ethyl adjacent to an activating group) is 1. The van der Waals surface area contributed by atoms with Crippen LogP contribution in [0.1, 0.15) is 0 Å². The second kappa shape index (κ2) is 7.21. The third kappa shape index (κ3) is 4.05. The minimum absolute atomic E-state index is 0.0348. The fraction of sp³-hybridized carbons (Fsp3) is 0.200. The first-order valence-electron chi connectivity index (χ1n) is 6.74. The Bertz CT molecular complexity index is 778. The van der Waals surface area contributed by atoms with Crippen LogP contribution in [0.5, 0.6) is 5.75 Å². The van der Waals surface area contributed by atoms with Gasteiger partial charge < -0.3 is 10.1 Å². The van der Waals surface area contributed by atoms with Crippen molar-refractivity contribution < 1.29 is 17.9 Å². The minimum atomic E-state index is -3.76. The smallest absolute Gasteiger partial charge is 0.244 e. The topological polar surface area (TPSA) is 88.6 Å². The molecular weight excluding hydrogens is 318 g/mol. The average molecular weight is 335 g/mol. The summed E-state index contributed by atoms with van der Waals surface area (Å²) in [6.07, 6.45) is 2.72. The summed E-state index contributed by atoms with van der Waals surface area (Å²) in [5.74, 6) is 0.0306. The third-order valence-corrected chi connectivity index (χ3v) is 4.88. The van der Waals surface area contributed by atoms with Gasteiger partial charge in [-0.05, 0) is 24.3 Å². The van der Waals surface area contributed by atoms with Crippen molar-refractivity contribution in [2.75, 3.05) is 26.0 Å². The van der Waals surface area contributed by atoms with Crippen molar-refractivity contribution in [2.45, 2.75) is 4.90 Å². The van der Waals surface area contributed by atoms with E-state index in [0.717, 1.165) is 4.31 Å². The number of nitrogens with one attached hydrogen (secondary N) is 1. The number of rotatable bonds is 6. The number of hydrogen-bond acceptors (Lipinski definition) is 5. The van der Waals surface area contributed by atoms with Crippen molar-refractivity contribution in [2.24, 2.45) is 0 Å². The van der Waals surface area contributed by atoms with E-state index in [1.54, 1.807) is 24.3 Å². The molecule has 0 saturated heterocycles. The summed E-state index contributed by atoms with van der Waals surface area (Å²) in [6, 6.07) is 9.84. The summed E-state index contributed by atoms with van der Waals surface area (Å²) in [7, 11) is -0.936. The normalized spacial score (nSPS) is 11.3. The van der Waals surface area contributed by atoms with E-state index in [0.29, 0.717) is 11.4 Å². The number of ether oxygens (including phenoxy) is 1. The molecule has 8 heteroatoms. The molecule has 0 aliphatic carbocycles. The SMILES string of the molecule is COc1ccccc1NC(=O)CN(C)S(=O)(=O)c1cccnc1. The van der Waals surface area contributed by atoms with E-state index in [4.69, 9.17) is 4.74 Å². The Morgan fingerprint density at radius 3 is 2.65 bits per heavy atom. The lowest BCUT2D eigenvalue weighted by Gasteiger charge is -2.17. The number of carbonyl (C=O) groups excluding carboxylic acids is 1. The largest absolute Gasteiger partial charge is 0.495 e. The highest BCUT2D eigenvalue weighted by atomic mass is 32.2. The lowest BCUT2D eigenvalue weighted by atomic mass is 10.3. The predicted octanol–water partition coefficient (Wildman–Crippen LogP) is 1.35. The lowest BCUT2D eigenvalue weighted by Crippen LogP contribution is -2.35. The number of amides is 1. The molecule has 1 heterocycles. The van der Waals surface area contributed by atoms with Crippen LogP contribution in [-0.2, 0) is 14.8 Å². The van der Waals surface area contributed by atoms with Gasteiger partial charge in [0.25, 0.3) is 0 Å². The number of sulfonamides is 1. The lowest BCUT2D eigenvalue weighted by molar-refractivity contribution is -0.116. The van der Waals surface area contributed by atoms with Crippen LogP contribution in [0.15, 0.2) is 53.7 Å². The van der Waals surface area contributed by atoms with Crippen LogP contribution in [0, 0.1) is 0 Å². The molecule has 2 aromatic rings. The van der Waals surface area contributed by atoms with Gasteiger partial charge in [-0.2, -0.15) is 4.31 Å². The zero-order chi connectivity index (χ0) is 16.9. The summed E-state index contributed by atoms with van der Waals surface area (Å²) >= 11 is 0. The summed E-state index contributed by atoms with van der Waals surface area (Å²) in [5.41, 5.74) is 0.479. The molecule has 7 nitrogen and oxygen atoms in total. The van der Waals surface area contributed by atoms with Gasteiger partial charge in [-0.15, -0.1) is 0 Å². The van der Waals surface area contributed by atoms with Crippen molar-refractivity contribution >= 4 is 21.6 Å². The second-order valence-corrected chi connectivity index (χ2v) is 6.74. The second-order valence-electron chi connectivity index (χ2n) is 4.70. The Morgan fingerprint density at radius 2 is 2.00 bits per heavy atom. The zero-order valence-electron chi connectivity index (χ0n) is 12.8. The fourth-order valence-electron chi connectivity index (χ4n) is 1.90. The Morgan fingerprint density at radius 1 is 1.26 bits per heavy atom. The number of methoxy groups -OCH3 is 1. The molecule has 0 saturated carbocycles. The summed E-state index contributed by atoms with van der Waals surface area (Å²) in [6.45, 7) is -0.324. The van der Waals surface area contributed by atoms with Crippen LogP contribution in [0.25, 0.3) is 0 Å². The van der Waals surface area contributed by atoms with E-state index < -0.39 is 15.9 Å². The van der Waals surface area contributed by atoms with E-state index in [-0.39, 0.29) is 11.4 Å². The van der Waals surface area contributed by atoms with Gasteiger partial charge in [-0.1, -0.05) is 12.1 Å².